The number of hydrogen-bond donors (Lipinski definition) is 4. The van der Waals surface area contributed by atoms with Crippen LogP contribution in [0.5, 0.6) is 0 Å². The van der Waals surface area contributed by atoms with Crippen LogP contribution in [0.3, 0.4) is 0 Å². The fourth-order valence-corrected chi connectivity index (χ4v) is 2.18. The van der Waals surface area contributed by atoms with E-state index in [4.69, 9.17) is 5.11 Å². The Morgan fingerprint density at radius 2 is 2.19 bits per heavy atom. The Balaban J connectivity index is 1.95. The zero-order valence-electron chi connectivity index (χ0n) is 10.9. The van der Waals surface area contributed by atoms with Gasteiger partial charge in [0.15, 0.2) is 0 Å². The summed E-state index contributed by atoms with van der Waals surface area (Å²) in [7, 11) is 0. The lowest BCUT2D eigenvalue weighted by Crippen LogP contribution is -2.31. The van der Waals surface area contributed by atoms with Crippen LogP contribution in [-0.2, 0) is 6.42 Å². The summed E-state index contributed by atoms with van der Waals surface area (Å²) < 4.78 is 0.506. The highest BCUT2D eigenvalue weighted by Gasteiger charge is 2.14. The molecule has 0 aliphatic rings. The SMILES string of the molecule is O=C(NCCc1cnc[nH]1)Nc1c(Br)cccc1C(=O)O. The van der Waals surface area contributed by atoms with Gasteiger partial charge >= 0.3 is 12.0 Å². The summed E-state index contributed by atoms with van der Waals surface area (Å²) in [6, 6.07) is 4.21. The van der Waals surface area contributed by atoms with Gasteiger partial charge in [0.25, 0.3) is 0 Å². The van der Waals surface area contributed by atoms with Crippen molar-refractivity contribution in [2.45, 2.75) is 6.42 Å². The Hall–Kier alpha value is -2.35. The molecule has 0 aliphatic carbocycles. The first-order chi connectivity index (χ1) is 10.1. The number of aromatic carboxylic acids is 1. The van der Waals surface area contributed by atoms with Crippen molar-refractivity contribution in [3.63, 3.8) is 0 Å². The van der Waals surface area contributed by atoms with Gasteiger partial charge in [-0.1, -0.05) is 6.07 Å². The maximum atomic E-state index is 11.8. The van der Waals surface area contributed by atoms with Crippen LogP contribution in [0.25, 0.3) is 0 Å². The second kappa shape index (κ2) is 6.89. The molecule has 0 radical (unpaired) electrons. The number of anilines is 1. The number of carbonyl (C=O) groups excluding carboxylic acids is 1. The first-order valence-corrected chi connectivity index (χ1v) is 6.91. The second-order valence-electron chi connectivity index (χ2n) is 4.18. The number of hydrogen-bond acceptors (Lipinski definition) is 3. The van der Waals surface area contributed by atoms with Gasteiger partial charge in [0.1, 0.15) is 0 Å². The summed E-state index contributed by atoms with van der Waals surface area (Å²) >= 11 is 3.22. The lowest BCUT2D eigenvalue weighted by atomic mass is 10.2. The average Bonchev–Trinajstić information content (AvgIpc) is 2.94. The van der Waals surface area contributed by atoms with E-state index in [0.29, 0.717) is 17.4 Å². The normalized spacial score (nSPS) is 10.1. The van der Waals surface area contributed by atoms with E-state index in [1.807, 2.05) is 0 Å². The van der Waals surface area contributed by atoms with Crippen molar-refractivity contribution in [1.82, 2.24) is 15.3 Å². The van der Waals surface area contributed by atoms with Gasteiger partial charge in [0.05, 0.1) is 17.6 Å². The largest absolute Gasteiger partial charge is 0.478 e. The van der Waals surface area contributed by atoms with Crippen molar-refractivity contribution in [3.8, 4) is 0 Å². The van der Waals surface area contributed by atoms with Crippen molar-refractivity contribution in [3.05, 3.63) is 46.5 Å². The van der Waals surface area contributed by atoms with Gasteiger partial charge in [-0.2, -0.15) is 0 Å². The molecule has 0 fully saturated rings. The van der Waals surface area contributed by atoms with E-state index in [9.17, 15) is 9.59 Å². The molecule has 8 heteroatoms. The van der Waals surface area contributed by atoms with Gasteiger partial charge in [-0.3, -0.25) is 0 Å². The third-order valence-corrected chi connectivity index (χ3v) is 3.38. The standard InChI is InChI=1S/C13H13BrN4O3/c14-10-3-1-2-9(12(19)20)11(10)18-13(21)16-5-4-8-6-15-7-17-8/h1-3,6-7H,4-5H2,(H,15,17)(H,19,20)(H2,16,18,21). The number of para-hydroxylation sites is 1. The average molecular weight is 353 g/mol. The molecule has 21 heavy (non-hydrogen) atoms. The summed E-state index contributed by atoms with van der Waals surface area (Å²) in [5.41, 5.74) is 1.15. The van der Waals surface area contributed by atoms with Crippen LogP contribution in [0.15, 0.2) is 35.2 Å². The summed E-state index contributed by atoms with van der Waals surface area (Å²) in [6.45, 7) is 0.404. The maximum absolute atomic E-state index is 11.8. The summed E-state index contributed by atoms with van der Waals surface area (Å²) in [4.78, 5) is 29.7. The zero-order valence-corrected chi connectivity index (χ0v) is 12.5. The third-order valence-electron chi connectivity index (χ3n) is 2.72. The number of aromatic amines is 1. The molecule has 0 spiro atoms. The topological polar surface area (TPSA) is 107 Å². The molecule has 0 atom stereocenters. The van der Waals surface area contributed by atoms with E-state index in [0.717, 1.165) is 5.69 Å². The van der Waals surface area contributed by atoms with Crippen LogP contribution in [0.2, 0.25) is 0 Å². The van der Waals surface area contributed by atoms with Crippen LogP contribution >= 0.6 is 15.9 Å². The molecule has 0 bridgehead atoms. The van der Waals surface area contributed by atoms with Crippen LogP contribution in [0, 0.1) is 0 Å². The lowest BCUT2D eigenvalue weighted by molar-refractivity contribution is 0.0698. The highest BCUT2D eigenvalue weighted by atomic mass is 79.9. The smallest absolute Gasteiger partial charge is 0.337 e. The molecule has 0 aliphatic heterocycles. The minimum absolute atomic E-state index is 0.0214. The van der Waals surface area contributed by atoms with E-state index >= 15 is 0 Å². The van der Waals surface area contributed by atoms with Crippen molar-refractivity contribution in [2.24, 2.45) is 0 Å². The molecule has 4 N–H and O–H groups in total. The molecule has 7 nitrogen and oxygen atoms in total. The summed E-state index contributed by atoms with van der Waals surface area (Å²) in [6.07, 6.45) is 3.85. The highest BCUT2D eigenvalue weighted by Crippen LogP contribution is 2.26. The molecular weight excluding hydrogens is 340 g/mol. The molecule has 0 saturated carbocycles. The fourth-order valence-electron chi connectivity index (χ4n) is 1.72. The van der Waals surface area contributed by atoms with Gasteiger partial charge in [-0.15, -0.1) is 0 Å². The van der Waals surface area contributed by atoms with Crippen LogP contribution < -0.4 is 10.6 Å². The number of carbonyl (C=O) groups is 2. The van der Waals surface area contributed by atoms with Crippen molar-refractivity contribution >= 4 is 33.6 Å². The molecule has 110 valence electrons. The first-order valence-electron chi connectivity index (χ1n) is 6.12. The number of amides is 2. The number of H-pyrrole nitrogens is 1. The number of rotatable bonds is 5. The van der Waals surface area contributed by atoms with Crippen molar-refractivity contribution in [2.75, 3.05) is 11.9 Å². The summed E-state index contributed by atoms with van der Waals surface area (Å²) in [5.74, 6) is -1.11. The van der Waals surface area contributed by atoms with E-state index < -0.39 is 12.0 Å². The Morgan fingerprint density at radius 1 is 1.38 bits per heavy atom. The Bertz CT molecular complexity index is 643. The predicted molar refractivity (Wildman–Crippen MR) is 80.4 cm³/mol. The highest BCUT2D eigenvalue weighted by molar-refractivity contribution is 9.10. The predicted octanol–water partition coefficient (Wildman–Crippen LogP) is 2.23. The Kier molecular flexibility index (Phi) is 4.94. The van der Waals surface area contributed by atoms with E-state index in [1.165, 1.54) is 6.07 Å². The van der Waals surface area contributed by atoms with Gasteiger partial charge < -0.3 is 20.7 Å². The van der Waals surface area contributed by atoms with Gasteiger partial charge in [0, 0.05) is 29.3 Å². The number of aromatic nitrogens is 2. The molecule has 1 aromatic heterocycles. The minimum atomic E-state index is -1.11. The van der Waals surface area contributed by atoms with Crippen LogP contribution in [-0.4, -0.2) is 33.6 Å². The number of carboxylic acids is 1. The van der Waals surface area contributed by atoms with Crippen LogP contribution in [0.4, 0.5) is 10.5 Å². The summed E-state index contributed by atoms with van der Waals surface area (Å²) in [5, 5.41) is 14.3. The maximum Gasteiger partial charge on any atom is 0.337 e. The first kappa shape index (κ1) is 15.0. The Morgan fingerprint density at radius 3 is 2.86 bits per heavy atom. The van der Waals surface area contributed by atoms with Crippen LogP contribution in [0.1, 0.15) is 16.1 Å². The van der Waals surface area contributed by atoms with Crippen molar-refractivity contribution in [1.29, 1.82) is 0 Å². The van der Waals surface area contributed by atoms with E-state index in [2.05, 4.69) is 36.5 Å². The number of nitrogens with one attached hydrogen (secondary N) is 3. The molecule has 2 rings (SSSR count). The zero-order chi connectivity index (χ0) is 15.2. The monoisotopic (exact) mass is 352 g/mol. The van der Waals surface area contributed by atoms with Gasteiger partial charge in [-0.25, -0.2) is 14.6 Å². The van der Waals surface area contributed by atoms with Gasteiger partial charge in [0.2, 0.25) is 0 Å². The fraction of sp³-hybridized carbons (Fsp3) is 0.154. The number of benzene rings is 1. The molecule has 0 unspecified atom stereocenters. The van der Waals surface area contributed by atoms with Gasteiger partial charge in [-0.05, 0) is 28.1 Å². The molecular formula is C13H13BrN4O3. The number of carboxylic acid groups (broad SMARTS) is 1. The number of urea groups is 1. The molecule has 1 heterocycles. The molecule has 2 aromatic rings. The lowest BCUT2D eigenvalue weighted by Gasteiger charge is -2.11. The number of imidazole rings is 1. The third kappa shape index (κ3) is 4.06. The van der Waals surface area contributed by atoms with E-state index in [-0.39, 0.29) is 11.3 Å². The molecule has 0 saturated heterocycles. The Labute approximate surface area is 128 Å². The minimum Gasteiger partial charge on any atom is -0.478 e. The number of halogens is 1. The van der Waals surface area contributed by atoms with E-state index in [1.54, 1.807) is 24.7 Å². The second-order valence-corrected chi connectivity index (χ2v) is 5.03. The quantitative estimate of drug-likeness (QED) is 0.661. The van der Waals surface area contributed by atoms with Crippen molar-refractivity contribution < 1.29 is 14.7 Å². The molecule has 1 aromatic carbocycles. The number of nitrogens with zero attached hydrogens (tertiary/aromatic N) is 1. The molecule has 2 amide bonds.